The quantitative estimate of drug-likeness (QED) is 0.669. The third-order valence-electron chi connectivity index (χ3n) is 3.60. The van der Waals surface area contributed by atoms with Gasteiger partial charge < -0.3 is 15.5 Å². The first-order chi connectivity index (χ1) is 8.29. The Morgan fingerprint density at radius 3 is 2.22 bits per heavy atom. The van der Waals surface area contributed by atoms with Gasteiger partial charge in [0.25, 0.3) is 0 Å². The van der Waals surface area contributed by atoms with E-state index < -0.39 is 11.5 Å². The van der Waals surface area contributed by atoms with Gasteiger partial charge in [0.2, 0.25) is 5.91 Å². The number of carbonyl (C=O) groups is 2. The van der Waals surface area contributed by atoms with Crippen LogP contribution < -0.4 is 5.32 Å². The summed E-state index contributed by atoms with van der Waals surface area (Å²) >= 11 is 0. The molecule has 0 bridgehead atoms. The number of carboxylic acids is 1. The Kier molecular flexibility index (Phi) is 4.73. The summed E-state index contributed by atoms with van der Waals surface area (Å²) in [6.45, 7) is 3.34. The lowest BCUT2D eigenvalue weighted by Gasteiger charge is -2.29. The molecule has 0 aliphatic heterocycles. The van der Waals surface area contributed by atoms with Gasteiger partial charge in [0.1, 0.15) is 0 Å². The van der Waals surface area contributed by atoms with Gasteiger partial charge in [0.05, 0.1) is 18.6 Å². The van der Waals surface area contributed by atoms with Crippen molar-refractivity contribution in [3.63, 3.8) is 0 Å². The summed E-state index contributed by atoms with van der Waals surface area (Å²) in [5, 5.41) is 20.8. The number of rotatable bonds is 6. The van der Waals surface area contributed by atoms with Crippen LogP contribution in [0.4, 0.5) is 0 Å². The van der Waals surface area contributed by atoms with Gasteiger partial charge in [0.15, 0.2) is 0 Å². The predicted octanol–water partition coefficient (Wildman–Crippen LogP) is 1.30. The second kappa shape index (κ2) is 5.69. The number of carbonyl (C=O) groups excluding carboxylic acids is 1. The normalized spacial score (nSPS) is 18.6. The molecule has 18 heavy (non-hydrogen) atoms. The number of aliphatic hydroxyl groups is 1. The summed E-state index contributed by atoms with van der Waals surface area (Å²) in [6, 6.07) is 0. The number of aliphatic carboxylic acids is 1. The highest BCUT2D eigenvalue weighted by molar-refractivity contribution is 5.78. The van der Waals surface area contributed by atoms with Gasteiger partial charge in [-0.3, -0.25) is 9.59 Å². The molecule has 0 unspecified atom stereocenters. The van der Waals surface area contributed by atoms with Crippen LogP contribution in [0.2, 0.25) is 0 Å². The molecule has 1 rings (SSSR count). The van der Waals surface area contributed by atoms with E-state index in [9.17, 15) is 9.59 Å². The molecule has 0 aromatic heterocycles. The topological polar surface area (TPSA) is 86.6 Å². The molecule has 5 nitrogen and oxygen atoms in total. The summed E-state index contributed by atoms with van der Waals surface area (Å²) in [7, 11) is 0. The molecule has 0 saturated heterocycles. The second-order valence-corrected chi connectivity index (χ2v) is 6.04. The van der Waals surface area contributed by atoms with Crippen molar-refractivity contribution in [2.75, 3.05) is 6.61 Å². The van der Waals surface area contributed by atoms with Gasteiger partial charge in [-0.25, -0.2) is 0 Å². The Morgan fingerprint density at radius 2 is 1.78 bits per heavy atom. The highest BCUT2D eigenvalue weighted by Gasteiger charge is 2.38. The van der Waals surface area contributed by atoms with Crippen molar-refractivity contribution in [1.82, 2.24) is 5.32 Å². The molecule has 0 aromatic rings. The minimum absolute atomic E-state index is 0.0555. The number of hydrogen-bond donors (Lipinski definition) is 3. The third-order valence-corrected chi connectivity index (χ3v) is 3.60. The van der Waals surface area contributed by atoms with E-state index in [-0.39, 0.29) is 30.8 Å². The summed E-state index contributed by atoms with van der Waals surface area (Å²) in [4.78, 5) is 22.9. The van der Waals surface area contributed by atoms with Crippen LogP contribution in [0, 0.1) is 5.41 Å². The van der Waals surface area contributed by atoms with Crippen molar-refractivity contribution in [2.45, 2.75) is 57.9 Å². The van der Waals surface area contributed by atoms with Crippen LogP contribution in [0.25, 0.3) is 0 Å². The van der Waals surface area contributed by atoms with Crippen molar-refractivity contribution < 1.29 is 19.8 Å². The molecular formula is C13H23NO4. The van der Waals surface area contributed by atoms with E-state index in [1.54, 1.807) is 13.8 Å². The Balaban J connectivity index is 2.61. The average molecular weight is 257 g/mol. The van der Waals surface area contributed by atoms with Gasteiger partial charge in [-0.2, -0.15) is 0 Å². The largest absolute Gasteiger partial charge is 0.481 e. The summed E-state index contributed by atoms with van der Waals surface area (Å²) in [5.41, 5.74) is -1.04. The summed E-state index contributed by atoms with van der Waals surface area (Å²) < 4.78 is 0. The Hall–Kier alpha value is -1.10. The first kappa shape index (κ1) is 15.0. The molecule has 0 aromatic carbocycles. The second-order valence-electron chi connectivity index (χ2n) is 6.04. The maximum Gasteiger partial charge on any atom is 0.303 e. The number of aliphatic hydroxyl groups excluding tert-OH is 1. The lowest BCUT2D eigenvalue weighted by molar-refractivity contribution is -0.140. The molecule has 0 radical (unpaired) electrons. The van der Waals surface area contributed by atoms with Crippen LogP contribution in [0.5, 0.6) is 0 Å². The van der Waals surface area contributed by atoms with Crippen LogP contribution in [0.3, 0.4) is 0 Å². The first-order valence-electron chi connectivity index (χ1n) is 6.42. The standard InChI is InChI=1S/C13H23NO4/c1-12(2,9-15)14-10(16)7-13(8-11(17)18)5-3-4-6-13/h15H,3-9H2,1-2H3,(H,14,16)(H,17,18). The van der Waals surface area contributed by atoms with Crippen molar-refractivity contribution in [3.05, 3.63) is 0 Å². The van der Waals surface area contributed by atoms with Crippen LogP contribution in [0.15, 0.2) is 0 Å². The molecule has 1 saturated carbocycles. The SMILES string of the molecule is CC(C)(CO)NC(=O)CC1(CC(=O)O)CCCC1. The molecule has 5 heteroatoms. The molecule has 0 heterocycles. The van der Waals surface area contributed by atoms with E-state index in [4.69, 9.17) is 10.2 Å². The predicted molar refractivity (Wildman–Crippen MR) is 67.1 cm³/mol. The minimum Gasteiger partial charge on any atom is -0.481 e. The zero-order chi connectivity index (χ0) is 13.8. The maximum atomic E-state index is 11.9. The van der Waals surface area contributed by atoms with Gasteiger partial charge in [-0.05, 0) is 32.1 Å². The average Bonchev–Trinajstić information content (AvgIpc) is 2.63. The zero-order valence-corrected chi connectivity index (χ0v) is 11.2. The molecule has 1 aliphatic rings. The Morgan fingerprint density at radius 1 is 1.22 bits per heavy atom. The molecule has 3 N–H and O–H groups in total. The highest BCUT2D eigenvalue weighted by Crippen LogP contribution is 2.44. The Bertz CT molecular complexity index is 319. The molecule has 1 fully saturated rings. The third kappa shape index (κ3) is 4.29. The van der Waals surface area contributed by atoms with E-state index in [0.717, 1.165) is 25.7 Å². The lowest BCUT2D eigenvalue weighted by atomic mass is 9.79. The fraction of sp³-hybridized carbons (Fsp3) is 0.846. The van der Waals surface area contributed by atoms with Crippen LogP contribution in [-0.2, 0) is 9.59 Å². The number of nitrogens with one attached hydrogen (secondary N) is 1. The van der Waals surface area contributed by atoms with E-state index in [1.165, 1.54) is 0 Å². The molecule has 1 amide bonds. The monoisotopic (exact) mass is 257 g/mol. The Labute approximate surface area is 108 Å². The molecule has 1 aliphatic carbocycles. The van der Waals surface area contributed by atoms with Crippen molar-refractivity contribution >= 4 is 11.9 Å². The fourth-order valence-corrected chi connectivity index (χ4v) is 2.66. The van der Waals surface area contributed by atoms with Crippen LogP contribution in [-0.4, -0.2) is 34.2 Å². The van der Waals surface area contributed by atoms with E-state index in [2.05, 4.69) is 5.32 Å². The number of hydrogen-bond acceptors (Lipinski definition) is 3. The zero-order valence-electron chi connectivity index (χ0n) is 11.2. The van der Waals surface area contributed by atoms with E-state index >= 15 is 0 Å². The first-order valence-corrected chi connectivity index (χ1v) is 6.42. The van der Waals surface area contributed by atoms with Crippen molar-refractivity contribution in [2.24, 2.45) is 5.41 Å². The molecule has 0 atom stereocenters. The molecular weight excluding hydrogens is 234 g/mol. The lowest BCUT2D eigenvalue weighted by Crippen LogP contribution is -2.47. The highest BCUT2D eigenvalue weighted by atomic mass is 16.4. The van der Waals surface area contributed by atoms with Gasteiger partial charge in [0, 0.05) is 6.42 Å². The maximum absolute atomic E-state index is 11.9. The molecule has 0 spiro atoms. The van der Waals surface area contributed by atoms with E-state index in [1.807, 2.05) is 0 Å². The minimum atomic E-state index is -0.842. The van der Waals surface area contributed by atoms with Crippen LogP contribution in [0.1, 0.15) is 52.4 Å². The molecule has 104 valence electrons. The van der Waals surface area contributed by atoms with E-state index in [0.29, 0.717) is 0 Å². The van der Waals surface area contributed by atoms with Crippen molar-refractivity contribution in [1.29, 1.82) is 0 Å². The van der Waals surface area contributed by atoms with Crippen LogP contribution >= 0.6 is 0 Å². The van der Waals surface area contributed by atoms with Gasteiger partial charge in [-0.15, -0.1) is 0 Å². The van der Waals surface area contributed by atoms with Gasteiger partial charge >= 0.3 is 5.97 Å². The smallest absolute Gasteiger partial charge is 0.303 e. The fourth-order valence-electron chi connectivity index (χ4n) is 2.66. The van der Waals surface area contributed by atoms with Gasteiger partial charge in [-0.1, -0.05) is 12.8 Å². The number of amides is 1. The van der Waals surface area contributed by atoms with Crippen molar-refractivity contribution in [3.8, 4) is 0 Å². The summed E-state index contributed by atoms with van der Waals surface area (Å²) in [5.74, 6) is -1.01. The number of carboxylic acid groups (broad SMARTS) is 1. The summed E-state index contributed by atoms with van der Waals surface area (Å²) in [6.07, 6.45) is 3.87.